The second-order valence-electron chi connectivity index (χ2n) is 6.36. The second-order valence-corrected chi connectivity index (χ2v) is 6.72. The number of imidazole rings is 1. The Balaban J connectivity index is 1.74. The molecule has 0 spiro atoms. The highest BCUT2D eigenvalue weighted by molar-refractivity contribution is 6.30. The standard InChI is InChI=1S/C18H21ClN6/c1-3-14-13(18(19)24(2)23-14)10-25-9-6-15-16(22-11-21-15)17(25)12-4-7-20-8-5-12/h4-5,7-8,11,17H,3,6,9-10H2,1-2H3,(H,21,22). The minimum atomic E-state index is 0.0963. The van der Waals surface area contributed by atoms with Crippen LogP contribution in [0.1, 0.15) is 41.2 Å². The molecule has 1 aliphatic heterocycles. The van der Waals surface area contributed by atoms with Crippen LogP contribution in [-0.2, 0) is 26.4 Å². The smallest absolute Gasteiger partial charge is 0.131 e. The van der Waals surface area contributed by atoms with Crippen LogP contribution in [0.2, 0.25) is 5.15 Å². The number of nitrogens with one attached hydrogen (secondary N) is 1. The van der Waals surface area contributed by atoms with Gasteiger partial charge in [0, 0.05) is 50.2 Å². The van der Waals surface area contributed by atoms with Gasteiger partial charge in [0.2, 0.25) is 0 Å². The molecule has 1 unspecified atom stereocenters. The molecule has 4 rings (SSSR count). The average Bonchev–Trinajstić information content (AvgIpc) is 3.22. The number of fused-ring (bicyclic) bond motifs is 1. The molecule has 3 aromatic rings. The Kier molecular flexibility index (Phi) is 4.31. The molecule has 1 aliphatic rings. The van der Waals surface area contributed by atoms with Crippen LogP contribution in [0.3, 0.4) is 0 Å². The summed E-state index contributed by atoms with van der Waals surface area (Å²) in [7, 11) is 1.90. The molecule has 130 valence electrons. The number of H-pyrrole nitrogens is 1. The SMILES string of the molecule is CCc1nn(C)c(Cl)c1CN1CCc2[nH]cnc2C1c1ccncc1. The molecule has 0 aromatic carbocycles. The molecule has 0 aliphatic carbocycles. The van der Waals surface area contributed by atoms with Crippen molar-refractivity contribution in [3.05, 3.63) is 64.2 Å². The molecule has 6 nitrogen and oxygen atoms in total. The van der Waals surface area contributed by atoms with Gasteiger partial charge < -0.3 is 4.98 Å². The summed E-state index contributed by atoms with van der Waals surface area (Å²) in [5.41, 5.74) is 5.68. The first kappa shape index (κ1) is 16.3. The highest BCUT2D eigenvalue weighted by Crippen LogP contribution is 2.35. The van der Waals surface area contributed by atoms with E-state index < -0.39 is 0 Å². The lowest BCUT2D eigenvalue weighted by Gasteiger charge is -2.35. The van der Waals surface area contributed by atoms with Gasteiger partial charge in [-0.2, -0.15) is 5.10 Å². The summed E-state index contributed by atoms with van der Waals surface area (Å²) in [4.78, 5) is 14.5. The molecule has 0 radical (unpaired) electrons. The van der Waals surface area contributed by atoms with Crippen LogP contribution in [0.5, 0.6) is 0 Å². The fourth-order valence-electron chi connectivity index (χ4n) is 3.65. The highest BCUT2D eigenvalue weighted by atomic mass is 35.5. The van der Waals surface area contributed by atoms with Gasteiger partial charge >= 0.3 is 0 Å². The zero-order valence-corrected chi connectivity index (χ0v) is 15.2. The molecule has 25 heavy (non-hydrogen) atoms. The quantitative estimate of drug-likeness (QED) is 0.780. The summed E-state index contributed by atoms with van der Waals surface area (Å²) >= 11 is 6.53. The monoisotopic (exact) mass is 356 g/mol. The molecule has 0 saturated carbocycles. The van der Waals surface area contributed by atoms with Crippen LogP contribution < -0.4 is 0 Å². The van der Waals surface area contributed by atoms with Gasteiger partial charge in [-0.3, -0.25) is 14.6 Å². The highest BCUT2D eigenvalue weighted by Gasteiger charge is 2.32. The van der Waals surface area contributed by atoms with E-state index in [1.54, 1.807) is 11.0 Å². The number of aromatic amines is 1. The Morgan fingerprint density at radius 1 is 1.32 bits per heavy atom. The molecule has 0 fully saturated rings. The molecule has 0 amide bonds. The summed E-state index contributed by atoms with van der Waals surface area (Å²) in [6.07, 6.45) is 7.29. The van der Waals surface area contributed by atoms with E-state index in [1.807, 2.05) is 19.4 Å². The van der Waals surface area contributed by atoms with E-state index in [0.29, 0.717) is 0 Å². The maximum Gasteiger partial charge on any atom is 0.131 e. The number of halogens is 1. The number of pyridine rings is 1. The molecule has 7 heteroatoms. The van der Waals surface area contributed by atoms with Crippen molar-refractivity contribution < 1.29 is 0 Å². The number of aryl methyl sites for hydroxylation is 2. The number of rotatable bonds is 4. The summed E-state index contributed by atoms with van der Waals surface area (Å²) in [6.45, 7) is 3.82. The zero-order chi connectivity index (χ0) is 17.4. The maximum atomic E-state index is 6.53. The van der Waals surface area contributed by atoms with Crippen LogP contribution in [0.15, 0.2) is 30.9 Å². The Morgan fingerprint density at radius 3 is 2.88 bits per heavy atom. The average molecular weight is 357 g/mol. The van der Waals surface area contributed by atoms with Crippen LogP contribution in [0.25, 0.3) is 0 Å². The van der Waals surface area contributed by atoms with E-state index in [0.717, 1.165) is 48.0 Å². The fraction of sp³-hybridized carbons (Fsp3) is 0.389. The zero-order valence-electron chi connectivity index (χ0n) is 14.4. The fourth-order valence-corrected chi connectivity index (χ4v) is 3.86. The van der Waals surface area contributed by atoms with E-state index in [4.69, 9.17) is 11.6 Å². The van der Waals surface area contributed by atoms with Gasteiger partial charge in [-0.15, -0.1) is 0 Å². The normalized spacial score (nSPS) is 17.6. The Morgan fingerprint density at radius 2 is 2.12 bits per heavy atom. The Bertz CT molecular complexity index is 869. The van der Waals surface area contributed by atoms with Gasteiger partial charge in [0.15, 0.2) is 0 Å². The molecule has 1 N–H and O–H groups in total. The van der Waals surface area contributed by atoms with E-state index in [-0.39, 0.29) is 6.04 Å². The van der Waals surface area contributed by atoms with Crippen molar-refractivity contribution in [2.24, 2.45) is 7.05 Å². The van der Waals surface area contributed by atoms with Crippen molar-refractivity contribution in [1.82, 2.24) is 29.6 Å². The Hall–Kier alpha value is -2.18. The maximum absolute atomic E-state index is 6.53. The third kappa shape index (κ3) is 2.85. The van der Waals surface area contributed by atoms with Gasteiger partial charge in [0.1, 0.15) is 5.15 Å². The van der Waals surface area contributed by atoms with Crippen molar-refractivity contribution in [3.63, 3.8) is 0 Å². The number of hydrogen-bond acceptors (Lipinski definition) is 4. The molecule has 0 bridgehead atoms. The van der Waals surface area contributed by atoms with E-state index >= 15 is 0 Å². The predicted molar refractivity (Wildman–Crippen MR) is 96.4 cm³/mol. The van der Waals surface area contributed by atoms with E-state index in [1.165, 1.54) is 11.3 Å². The lowest BCUT2D eigenvalue weighted by Crippen LogP contribution is -2.36. The van der Waals surface area contributed by atoms with Crippen LogP contribution in [-0.4, -0.2) is 36.2 Å². The molecular formula is C18H21ClN6. The molecular weight excluding hydrogens is 336 g/mol. The molecule has 0 saturated heterocycles. The molecule has 4 heterocycles. The molecule has 3 aromatic heterocycles. The predicted octanol–water partition coefficient (Wildman–Crippen LogP) is 2.90. The minimum Gasteiger partial charge on any atom is -0.348 e. The summed E-state index contributed by atoms with van der Waals surface area (Å²) in [5.74, 6) is 0. The number of nitrogens with zero attached hydrogens (tertiary/aromatic N) is 5. The third-order valence-electron chi connectivity index (χ3n) is 4.89. The van der Waals surface area contributed by atoms with E-state index in [2.05, 4.69) is 44.0 Å². The number of aromatic nitrogens is 5. The largest absolute Gasteiger partial charge is 0.348 e. The van der Waals surface area contributed by atoms with Gasteiger partial charge in [-0.05, 0) is 24.1 Å². The first-order chi connectivity index (χ1) is 12.2. The lowest BCUT2D eigenvalue weighted by atomic mass is 9.95. The summed E-state index contributed by atoms with van der Waals surface area (Å²) < 4.78 is 1.76. The minimum absolute atomic E-state index is 0.0963. The lowest BCUT2D eigenvalue weighted by molar-refractivity contribution is 0.199. The van der Waals surface area contributed by atoms with Crippen LogP contribution >= 0.6 is 11.6 Å². The van der Waals surface area contributed by atoms with Crippen molar-refractivity contribution in [2.45, 2.75) is 32.4 Å². The van der Waals surface area contributed by atoms with Crippen molar-refractivity contribution >= 4 is 11.6 Å². The van der Waals surface area contributed by atoms with E-state index in [9.17, 15) is 0 Å². The topological polar surface area (TPSA) is 62.6 Å². The first-order valence-electron chi connectivity index (χ1n) is 8.55. The summed E-state index contributed by atoms with van der Waals surface area (Å²) in [6, 6.07) is 4.22. The van der Waals surface area contributed by atoms with Crippen LogP contribution in [0.4, 0.5) is 0 Å². The summed E-state index contributed by atoms with van der Waals surface area (Å²) in [5, 5.41) is 5.27. The van der Waals surface area contributed by atoms with Gasteiger partial charge in [-0.25, -0.2) is 4.98 Å². The first-order valence-corrected chi connectivity index (χ1v) is 8.93. The van der Waals surface area contributed by atoms with Crippen LogP contribution in [0, 0.1) is 0 Å². The second kappa shape index (κ2) is 6.61. The number of hydrogen-bond donors (Lipinski definition) is 1. The van der Waals surface area contributed by atoms with Gasteiger partial charge in [0.05, 0.1) is 23.8 Å². The van der Waals surface area contributed by atoms with Crippen molar-refractivity contribution in [1.29, 1.82) is 0 Å². The Labute approximate surface area is 151 Å². The van der Waals surface area contributed by atoms with Crippen molar-refractivity contribution in [3.8, 4) is 0 Å². The van der Waals surface area contributed by atoms with Gasteiger partial charge in [-0.1, -0.05) is 18.5 Å². The van der Waals surface area contributed by atoms with Crippen molar-refractivity contribution in [2.75, 3.05) is 6.54 Å². The van der Waals surface area contributed by atoms with Gasteiger partial charge in [0.25, 0.3) is 0 Å². The third-order valence-corrected chi connectivity index (χ3v) is 5.37. The molecule has 1 atom stereocenters.